The molecule has 0 fully saturated rings. The summed E-state index contributed by atoms with van der Waals surface area (Å²) in [4.78, 5) is 9.75. The molecule has 1 nitrogen and oxygen atoms in total. The molecule has 1 atom stereocenters. The van der Waals surface area contributed by atoms with Gasteiger partial charge in [-0.05, 0) is 38.9 Å². The second-order valence-corrected chi connectivity index (χ2v) is 7.87. The predicted molar refractivity (Wildman–Crippen MR) is 53.2 cm³/mol. The Labute approximate surface area is 71.3 Å². The summed E-state index contributed by atoms with van der Waals surface area (Å²) in [7, 11) is -1.79. The van der Waals surface area contributed by atoms with Crippen molar-refractivity contribution >= 4 is 8.32 Å². The van der Waals surface area contributed by atoms with Gasteiger partial charge in [0.05, 0.1) is 0 Å². The first kappa shape index (κ1) is 10.9. The Bertz CT molecular complexity index is 134. The van der Waals surface area contributed by atoms with Gasteiger partial charge in [-0.15, -0.1) is 0 Å². The monoisotopic (exact) mass is 172 g/mol. The summed E-state index contributed by atoms with van der Waals surface area (Å²) in [6.07, 6.45) is 3.26. The maximum absolute atomic E-state index is 9.75. The largest absolute Gasteiger partial charge is 0.432 e. The highest BCUT2D eigenvalue weighted by atomic mass is 28.4. The third kappa shape index (κ3) is 6.32. The molecule has 0 spiro atoms. The number of allylic oxidation sites excluding steroid dienone is 2. The molecule has 0 rings (SSSR count). The Morgan fingerprint density at radius 3 is 2.36 bits per heavy atom. The van der Waals surface area contributed by atoms with Gasteiger partial charge in [0.1, 0.15) is 0 Å². The Morgan fingerprint density at radius 2 is 2.00 bits per heavy atom. The van der Waals surface area contributed by atoms with Crippen LogP contribution in [-0.4, -0.2) is 13.1 Å². The highest BCUT2D eigenvalue weighted by Crippen LogP contribution is 2.14. The summed E-state index contributed by atoms with van der Waals surface area (Å²) in [5, 5.41) is 0. The first-order valence-corrected chi connectivity index (χ1v) is 7.20. The molecule has 0 heterocycles. The van der Waals surface area contributed by atoms with Crippen molar-refractivity contribution in [2.24, 2.45) is 0 Å². The molecular formula is C9H20OSi. The molecule has 1 N–H and O–H groups in total. The molecule has 0 radical (unpaired) electrons. The van der Waals surface area contributed by atoms with Crippen molar-refractivity contribution in [1.82, 2.24) is 0 Å². The van der Waals surface area contributed by atoms with E-state index in [1.807, 2.05) is 6.55 Å². The average Bonchev–Trinajstić information content (AvgIpc) is 1.87. The first-order chi connectivity index (χ1) is 4.98. The van der Waals surface area contributed by atoms with Crippen molar-refractivity contribution in [1.29, 1.82) is 0 Å². The second kappa shape index (κ2) is 4.73. The maximum Gasteiger partial charge on any atom is 0.185 e. The topological polar surface area (TPSA) is 20.2 Å². The number of hydrogen-bond donors (Lipinski definition) is 1. The summed E-state index contributed by atoms with van der Waals surface area (Å²) in [5.41, 5.74) is 1.35. The van der Waals surface area contributed by atoms with Gasteiger partial charge in [-0.3, -0.25) is 0 Å². The summed E-state index contributed by atoms with van der Waals surface area (Å²) in [5.74, 6) is 0. The quantitative estimate of drug-likeness (QED) is 0.510. The van der Waals surface area contributed by atoms with Gasteiger partial charge in [-0.2, -0.15) is 0 Å². The van der Waals surface area contributed by atoms with E-state index in [0.29, 0.717) is 0 Å². The Hall–Kier alpha value is -0.0831. The van der Waals surface area contributed by atoms with Crippen LogP contribution in [0.15, 0.2) is 11.6 Å². The zero-order chi connectivity index (χ0) is 8.91. The summed E-state index contributed by atoms with van der Waals surface area (Å²) in [6, 6.07) is 1.98. The maximum atomic E-state index is 9.75. The smallest absolute Gasteiger partial charge is 0.185 e. The second-order valence-electron chi connectivity index (χ2n) is 3.67. The van der Waals surface area contributed by atoms with Crippen molar-refractivity contribution in [3.8, 4) is 0 Å². The van der Waals surface area contributed by atoms with Crippen LogP contribution in [0.4, 0.5) is 0 Å². The minimum Gasteiger partial charge on any atom is -0.432 e. The van der Waals surface area contributed by atoms with Gasteiger partial charge in [-0.1, -0.05) is 18.6 Å². The molecular weight excluding hydrogens is 152 g/mol. The molecule has 1 unspecified atom stereocenters. The van der Waals surface area contributed by atoms with E-state index in [1.165, 1.54) is 5.57 Å². The fourth-order valence-corrected chi connectivity index (χ4v) is 1.97. The Kier molecular flexibility index (Phi) is 4.69. The lowest BCUT2D eigenvalue weighted by Crippen LogP contribution is -2.27. The lowest BCUT2D eigenvalue weighted by atomic mass is 10.3. The lowest BCUT2D eigenvalue weighted by Gasteiger charge is -2.16. The molecule has 0 aliphatic carbocycles. The van der Waals surface area contributed by atoms with Crippen molar-refractivity contribution in [3.63, 3.8) is 0 Å². The molecule has 0 aromatic carbocycles. The normalized spacial score (nSPS) is 15.7. The molecule has 0 aliphatic rings. The molecule has 66 valence electrons. The van der Waals surface area contributed by atoms with E-state index in [-0.39, 0.29) is 0 Å². The van der Waals surface area contributed by atoms with Crippen LogP contribution in [0.25, 0.3) is 0 Å². The van der Waals surface area contributed by atoms with Gasteiger partial charge in [-0.25, -0.2) is 0 Å². The van der Waals surface area contributed by atoms with Gasteiger partial charge in [0.2, 0.25) is 0 Å². The molecule has 0 saturated heterocycles. The van der Waals surface area contributed by atoms with Crippen LogP contribution in [0.2, 0.25) is 18.6 Å². The van der Waals surface area contributed by atoms with Gasteiger partial charge < -0.3 is 4.80 Å². The minimum absolute atomic E-state index is 0.976. The van der Waals surface area contributed by atoms with Crippen LogP contribution in [0.3, 0.4) is 0 Å². The molecule has 0 aromatic heterocycles. The van der Waals surface area contributed by atoms with Gasteiger partial charge >= 0.3 is 0 Å². The Balaban J connectivity index is 3.62. The molecule has 11 heavy (non-hydrogen) atoms. The molecule has 0 bridgehead atoms. The van der Waals surface area contributed by atoms with Crippen molar-refractivity contribution in [2.45, 2.75) is 45.8 Å². The average molecular weight is 172 g/mol. The highest BCUT2D eigenvalue weighted by Gasteiger charge is 2.19. The molecule has 0 aromatic rings. The zero-order valence-electron chi connectivity index (χ0n) is 8.15. The van der Waals surface area contributed by atoms with Crippen molar-refractivity contribution in [2.75, 3.05) is 0 Å². The third-order valence-corrected chi connectivity index (χ3v) is 4.89. The van der Waals surface area contributed by atoms with Crippen LogP contribution < -0.4 is 0 Å². The van der Waals surface area contributed by atoms with E-state index in [2.05, 4.69) is 26.8 Å². The van der Waals surface area contributed by atoms with Crippen LogP contribution in [-0.2, 0) is 0 Å². The van der Waals surface area contributed by atoms with E-state index >= 15 is 0 Å². The minimum atomic E-state index is -1.79. The van der Waals surface area contributed by atoms with Gasteiger partial charge in [0, 0.05) is 0 Å². The standard InChI is InChI=1S/C9H20OSi/c1-5-11(4,10)8-6-7-9(2)3/h7,10H,5-6,8H2,1-4H3. The van der Waals surface area contributed by atoms with E-state index < -0.39 is 8.32 Å². The summed E-state index contributed by atoms with van der Waals surface area (Å²) >= 11 is 0. The summed E-state index contributed by atoms with van der Waals surface area (Å²) < 4.78 is 0. The van der Waals surface area contributed by atoms with Gasteiger partial charge in [0.25, 0.3) is 0 Å². The van der Waals surface area contributed by atoms with E-state index in [0.717, 1.165) is 18.5 Å². The number of rotatable bonds is 4. The van der Waals surface area contributed by atoms with Gasteiger partial charge in [0.15, 0.2) is 8.32 Å². The van der Waals surface area contributed by atoms with E-state index in [9.17, 15) is 4.80 Å². The molecule has 0 saturated carbocycles. The van der Waals surface area contributed by atoms with Crippen LogP contribution >= 0.6 is 0 Å². The highest BCUT2D eigenvalue weighted by molar-refractivity contribution is 6.71. The fraction of sp³-hybridized carbons (Fsp3) is 0.778. The molecule has 2 heteroatoms. The van der Waals surface area contributed by atoms with Crippen LogP contribution in [0.5, 0.6) is 0 Å². The van der Waals surface area contributed by atoms with Crippen LogP contribution in [0.1, 0.15) is 27.2 Å². The zero-order valence-corrected chi connectivity index (χ0v) is 9.15. The van der Waals surface area contributed by atoms with Crippen molar-refractivity contribution in [3.05, 3.63) is 11.6 Å². The third-order valence-electron chi connectivity index (χ3n) is 2.00. The summed E-state index contributed by atoms with van der Waals surface area (Å²) in [6.45, 7) is 8.31. The molecule has 0 aliphatic heterocycles. The number of hydrogen-bond acceptors (Lipinski definition) is 1. The lowest BCUT2D eigenvalue weighted by molar-refractivity contribution is 0.538. The first-order valence-electron chi connectivity index (χ1n) is 4.33. The fourth-order valence-electron chi connectivity index (χ4n) is 0.849. The Morgan fingerprint density at radius 1 is 1.45 bits per heavy atom. The van der Waals surface area contributed by atoms with Crippen molar-refractivity contribution < 1.29 is 4.80 Å². The molecule has 0 amide bonds. The predicted octanol–water partition coefficient (Wildman–Crippen LogP) is 2.93. The van der Waals surface area contributed by atoms with E-state index in [1.54, 1.807) is 0 Å². The van der Waals surface area contributed by atoms with Crippen LogP contribution in [0, 0.1) is 0 Å². The van der Waals surface area contributed by atoms with E-state index in [4.69, 9.17) is 0 Å². The SMILES string of the molecule is CC[Si](C)(O)CCC=C(C)C.